The first kappa shape index (κ1) is 11.0. The molecule has 0 fully saturated rings. The Bertz CT molecular complexity index is 258. The molecule has 4 N–H and O–H groups in total. The maximum absolute atomic E-state index is 10.4. The van der Waals surface area contributed by atoms with Crippen LogP contribution in [0.15, 0.2) is 0 Å². The lowest BCUT2D eigenvalue weighted by Gasteiger charge is -2.06. The fourth-order valence-electron chi connectivity index (χ4n) is 0.235. The predicted molar refractivity (Wildman–Crippen MR) is 36.4 cm³/mol. The highest BCUT2D eigenvalue weighted by molar-refractivity contribution is 8.46. The molecule has 1 atom stereocenters. The van der Waals surface area contributed by atoms with Crippen LogP contribution >= 0.6 is 6.80 Å². The van der Waals surface area contributed by atoms with Gasteiger partial charge < -0.3 is 10.6 Å². The Balaban J connectivity index is 4.38. The monoisotopic (exact) mass is 205 g/mol. The topological polar surface area (TPSA) is 127 Å². The molecule has 7 nitrogen and oxygen atoms in total. The van der Waals surface area contributed by atoms with Crippen LogP contribution in [-0.2, 0) is 18.8 Å². The highest BCUT2D eigenvalue weighted by Crippen LogP contribution is 2.47. The van der Waals surface area contributed by atoms with Gasteiger partial charge in [-0.2, -0.15) is 8.42 Å². The highest BCUT2D eigenvalue weighted by atomic mass is 32.8. The smallest absolute Gasteiger partial charge is 0.328 e. The van der Waals surface area contributed by atoms with E-state index in [0.717, 1.165) is 0 Å². The second-order valence-electron chi connectivity index (χ2n) is 1.54. The van der Waals surface area contributed by atoms with Gasteiger partial charge in [-0.25, -0.2) is 4.57 Å². The molecular weight excluding hydrogens is 197 g/mol. The maximum Gasteiger partial charge on any atom is 0.469 e. The van der Waals surface area contributed by atoms with Crippen LogP contribution in [0.1, 0.15) is 0 Å². The fourth-order valence-corrected chi connectivity index (χ4v) is 1.33. The van der Waals surface area contributed by atoms with Gasteiger partial charge >= 0.3 is 16.5 Å². The lowest BCUT2D eigenvalue weighted by molar-refractivity contribution is 0.276. The normalized spacial score (nSPS) is 17.7. The zero-order chi connectivity index (χ0) is 9.12. The molecule has 0 spiro atoms. The second kappa shape index (κ2) is 3.61. The molecular formula is C2H8NO6PS. The summed E-state index contributed by atoms with van der Waals surface area (Å²) >= 11 is 0. The molecule has 0 aliphatic carbocycles. The molecule has 11 heavy (non-hydrogen) atoms. The van der Waals surface area contributed by atoms with Crippen molar-refractivity contribution in [3.63, 3.8) is 0 Å². The van der Waals surface area contributed by atoms with Crippen molar-refractivity contribution in [2.75, 3.05) is 13.2 Å². The van der Waals surface area contributed by atoms with Crippen molar-refractivity contribution in [1.82, 2.24) is 0 Å². The Labute approximate surface area is 63.2 Å². The Morgan fingerprint density at radius 3 is 2.27 bits per heavy atom. The van der Waals surface area contributed by atoms with E-state index in [4.69, 9.17) is 15.2 Å². The summed E-state index contributed by atoms with van der Waals surface area (Å²) in [7, 11) is -5.04. The summed E-state index contributed by atoms with van der Waals surface area (Å²) in [6, 6.07) is 0. The zero-order valence-corrected chi connectivity index (χ0v) is 7.09. The lowest BCUT2D eigenvalue weighted by atomic mass is 10.8. The molecule has 0 aliphatic heterocycles. The first-order valence-electron chi connectivity index (χ1n) is 2.46. The van der Waals surface area contributed by atoms with Crippen LogP contribution in [-0.4, -0.2) is 31.0 Å². The first-order valence-corrected chi connectivity index (χ1v) is 6.08. The van der Waals surface area contributed by atoms with Crippen LogP contribution in [0.4, 0.5) is 0 Å². The largest absolute Gasteiger partial charge is 0.469 e. The summed E-state index contributed by atoms with van der Waals surface area (Å²) in [4.78, 5) is 8.42. The average Bonchev–Trinajstić information content (AvgIpc) is 1.81. The SMILES string of the molecule is NCCOP(=O)(O)S(=O)(=O)O. The van der Waals surface area contributed by atoms with Crippen LogP contribution in [0.25, 0.3) is 0 Å². The third-order valence-corrected chi connectivity index (χ3v) is 3.82. The van der Waals surface area contributed by atoms with Gasteiger partial charge in [0, 0.05) is 6.54 Å². The van der Waals surface area contributed by atoms with E-state index in [9.17, 15) is 13.0 Å². The summed E-state index contributed by atoms with van der Waals surface area (Å²) in [5.41, 5.74) is 4.85. The van der Waals surface area contributed by atoms with Crippen molar-refractivity contribution >= 4 is 16.5 Å². The molecule has 0 aromatic heterocycles. The Morgan fingerprint density at radius 2 is 2.00 bits per heavy atom. The van der Waals surface area contributed by atoms with Gasteiger partial charge in [-0.3, -0.25) is 9.08 Å². The molecule has 0 bridgehead atoms. The second-order valence-corrected chi connectivity index (χ2v) is 6.40. The van der Waals surface area contributed by atoms with Gasteiger partial charge in [0.2, 0.25) is 0 Å². The molecule has 68 valence electrons. The minimum atomic E-state index is -5.04. The van der Waals surface area contributed by atoms with E-state index >= 15 is 0 Å². The van der Waals surface area contributed by atoms with Crippen LogP contribution in [0.3, 0.4) is 0 Å². The van der Waals surface area contributed by atoms with Gasteiger partial charge in [-0.1, -0.05) is 0 Å². The van der Waals surface area contributed by atoms with E-state index in [0.29, 0.717) is 0 Å². The van der Waals surface area contributed by atoms with Crippen LogP contribution in [0.5, 0.6) is 0 Å². The van der Waals surface area contributed by atoms with Crippen LogP contribution in [0.2, 0.25) is 0 Å². The number of nitrogens with two attached hydrogens (primary N) is 1. The quantitative estimate of drug-likeness (QED) is 0.394. The van der Waals surface area contributed by atoms with Gasteiger partial charge in [0.05, 0.1) is 6.61 Å². The van der Waals surface area contributed by atoms with Gasteiger partial charge in [0.15, 0.2) is 0 Å². The van der Waals surface area contributed by atoms with Gasteiger partial charge in [-0.15, -0.1) is 0 Å². The summed E-state index contributed by atoms with van der Waals surface area (Å²) in [5.74, 6) is 0. The Kier molecular flexibility index (Phi) is 3.62. The summed E-state index contributed by atoms with van der Waals surface area (Å²) in [5, 5.41) is 0. The van der Waals surface area contributed by atoms with Crippen molar-refractivity contribution in [2.24, 2.45) is 5.73 Å². The lowest BCUT2D eigenvalue weighted by Crippen LogP contribution is -2.10. The third kappa shape index (κ3) is 3.28. The Morgan fingerprint density at radius 1 is 1.55 bits per heavy atom. The van der Waals surface area contributed by atoms with Crippen molar-refractivity contribution in [3.05, 3.63) is 0 Å². The predicted octanol–water partition coefficient (Wildman–Crippen LogP) is -1.05. The van der Waals surface area contributed by atoms with Crippen molar-refractivity contribution in [2.45, 2.75) is 0 Å². The molecule has 0 saturated carbocycles. The maximum atomic E-state index is 10.4. The minimum Gasteiger partial charge on any atom is -0.328 e. The first-order chi connectivity index (χ1) is 4.81. The van der Waals surface area contributed by atoms with E-state index in [-0.39, 0.29) is 6.54 Å². The summed E-state index contributed by atoms with van der Waals surface area (Å²) in [6.45, 7) is -5.47. The summed E-state index contributed by atoms with van der Waals surface area (Å²) in [6.07, 6.45) is 0. The molecule has 0 amide bonds. The molecule has 9 heteroatoms. The van der Waals surface area contributed by atoms with E-state index in [1.165, 1.54) is 0 Å². The van der Waals surface area contributed by atoms with Crippen LogP contribution in [0, 0.1) is 0 Å². The third-order valence-electron chi connectivity index (χ3n) is 0.664. The zero-order valence-electron chi connectivity index (χ0n) is 5.37. The molecule has 0 aromatic carbocycles. The van der Waals surface area contributed by atoms with E-state index in [1.54, 1.807) is 0 Å². The Hall–Kier alpha value is 0.0200. The van der Waals surface area contributed by atoms with Crippen molar-refractivity contribution in [3.8, 4) is 0 Å². The molecule has 0 aliphatic rings. The molecule has 0 saturated heterocycles. The standard InChI is InChI=1S/C2H8NO6PS/c3-1-2-9-10(4,5)11(6,7)8/h1-3H2,(H,4,5)(H,6,7,8). The van der Waals surface area contributed by atoms with E-state index < -0.39 is 23.1 Å². The average molecular weight is 205 g/mol. The molecule has 0 rings (SSSR count). The molecule has 0 aromatic rings. The fraction of sp³-hybridized carbons (Fsp3) is 1.00. The highest BCUT2D eigenvalue weighted by Gasteiger charge is 2.35. The van der Waals surface area contributed by atoms with Gasteiger partial charge in [0.1, 0.15) is 0 Å². The van der Waals surface area contributed by atoms with Gasteiger partial charge in [0.25, 0.3) is 0 Å². The molecule has 0 radical (unpaired) electrons. The van der Waals surface area contributed by atoms with Gasteiger partial charge in [-0.05, 0) is 0 Å². The van der Waals surface area contributed by atoms with Crippen LogP contribution < -0.4 is 5.73 Å². The minimum absolute atomic E-state index is 0.111. The number of rotatable bonds is 4. The molecule has 1 unspecified atom stereocenters. The van der Waals surface area contributed by atoms with E-state index in [2.05, 4.69) is 4.52 Å². The molecule has 0 heterocycles. The number of hydrogen-bond donors (Lipinski definition) is 3. The number of hydrogen-bond acceptors (Lipinski definition) is 5. The summed E-state index contributed by atoms with van der Waals surface area (Å²) < 4.78 is 42.5. The van der Waals surface area contributed by atoms with Crippen molar-refractivity contribution in [1.29, 1.82) is 0 Å². The van der Waals surface area contributed by atoms with Crippen molar-refractivity contribution < 1.29 is 27.0 Å². The van der Waals surface area contributed by atoms with E-state index in [1.807, 2.05) is 0 Å².